The molecular formula is C10H8F3NO. The van der Waals surface area contributed by atoms with Crippen LogP contribution in [0.1, 0.15) is 34.5 Å². The highest BCUT2D eigenvalue weighted by atomic mass is 19.4. The highest BCUT2D eigenvalue weighted by Crippen LogP contribution is 2.33. The average molecular weight is 215 g/mol. The molecule has 15 heavy (non-hydrogen) atoms. The third-order valence-corrected chi connectivity index (χ3v) is 2.44. The zero-order valence-corrected chi connectivity index (χ0v) is 7.85. The Bertz CT molecular complexity index is 425. The van der Waals surface area contributed by atoms with Crippen LogP contribution in [-0.4, -0.2) is 5.91 Å². The van der Waals surface area contributed by atoms with Crippen LogP contribution in [0.25, 0.3) is 0 Å². The Kier molecular flexibility index (Phi) is 1.99. The van der Waals surface area contributed by atoms with Gasteiger partial charge in [0.15, 0.2) is 0 Å². The van der Waals surface area contributed by atoms with Gasteiger partial charge in [-0.25, -0.2) is 0 Å². The van der Waals surface area contributed by atoms with E-state index < -0.39 is 17.6 Å². The maximum absolute atomic E-state index is 12.3. The molecule has 1 aromatic carbocycles. The Balaban J connectivity index is 2.52. The topological polar surface area (TPSA) is 29.1 Å². The van der Waals surface area contributed by atoms with Gasteiger partial charge in [-0.2, -0.15) is 13.2 Å². The standard InChI is InChI=1S/C10H8F3NO/c1-5-7-3-2-6(10(11,12)13)4-8(7)9(15)14-5/h2-5H,1H3,(H,14,15)/t5-/m0/s1. The molecule has 1 aliphatic rings. The first-order chi connectivity index (χ1) is 6.89. The first kappa shape index (κ1) is 10.0. The van der Waals surface area contributed by atoms with E-state index in [-0.39, 0.29) is 11.6 Å². The van der Waals surface area contributed by atoms with Crippen LogP contribution >= 0.6 is 0 Å². The number of amides is 1. The van der Waals surface area contributed by atoms with Crippen LogP contribution < -0.4 is 5.32 Å². The van der Waals surface area contributed by atoms with Crippen LogP contribution in [0.15, 0.2) is 18.2 Å². The maximum Gasteiger partial charge on any atom is 0.416 e. The van der Waals surface area contributed by atoms with E-state index in [1.54, 1.807) is 6.92 Å². The maximum atomic E-state index is 12.3. The minimum Gasteiger partial charge on any atom is -0.345 e. The lowest BCUT2D eigenvalue weighted by Gasteiger charge is -2.08. The molecule has 1 heterocycles. The molecule has 0 aromatic heterocycles. The molecule has 80 valence electrons. The number of hydrogen-bond donors (Lipinski definition) is 1. The minimum absolute atomic E-state index is 0.123. The van der Waals surface area contributed by atoms with Gasteiger partial charge in [-0.05, 0) is 24.6 Å². The number of benzene rings is 1. The minimum atomic E-state index is -4.40. The summed E-state index contributed by atoms with van der Waals surface area (Å²) in [6.45, 7) is 1.73. The fraction of sp³-hybridized carbons (Fsp3) is 0.300. The van der Waals surface area contributed by atoms with E-state index >= 15 is 0 Å². The Morgan fingerprint density at radius 2 is 2.00 bits per heavy atom. The van der Waals surface area contributed by atoms with Gasteiger partial charge in [0.05, 0.1) is 11.6 Å². The molecule has 1 amide bonds. The molecule has 0 saturated heterocycles. The highest BCUT2D eigenvalue weighted by Gasteiger charge is 2.34. The fourth-order valence-corrected chi connectivity index (χ4v) is 1.66. The zero-order chi connectivity index (χ0) is 11.2. The SMILES string of the molecule is C[C@@H]1NC(=O)c2cc(C(F)(F)F)ccc21. The molecule has 5 heteroatoms. The van der Waals surface area contributed by atoms with Gasteiger partial charge >= 0.3 is 6.18 Å². The number of rotatable bonds is 0. The van der Waals surface area contributed by atoms with Gasteiger partial charge in [-0.3, -0.25) is 4.79 Å². The average Bonchev–Trinajstić information content (AvgIpc) is 2.41. The summed E-state index contributed by atoms with van der Waals surface area (Å²) in [6, 6.07) is 3.03. The van der Waals surface area contributed by atoms with Gasteiger partial charge < -0.3 is 5.32 Å². The van der Waals surface area contributed by atoms with Crippen molar-refractivity contribution in [2.75, 3.05) is 0 Å². The predicted molar refractivity (Wildman–Crippen MR) is 47.3 cm³/mol. The summed E-state index contributed by atoms with van der Waals surface area (Å²) in [5.74, 6) is -0.441. The monoisotopic (exact) mass is 215 g/mol. The molecule has 1 N–H and O–H groups in total. The molecule has 1 aromatic rings. The summed E-state index contributed by atoms with van der Waals surface area (Å²) >= 11 is 0. The third-order valence-electron chi connectivity index (χ3n) is 2.44. The molecule has 1 aliphatic heterocycles. The third kappa shape index (κ3) is 1.58. The van der Waals surface area contributed by atoms with Crippen LogP contribution in [0.4, 0.5) is 13.2 Å². The van der Waals surface area contributed by atoms with Gasteiger partial charge in [0.2, 0.25) is 0 Å². The van der Waals surface area contributed by atoms with Gasteiger partial charge in [-0.15, -0.1) is 0 Å². The molecule has 0 unspecified atom stereocenters. The van der Waals surface area contributed by atoms with Gasteiger partial charge in [-0.1, -0.05) is 6.07 Å². The Labute approximate surface area is 84.1 Å². The lowest BCUT2D eigenvalue weighted by atomic mass is 10.0. The predicted octanol–water partition coefficient (Wildman–Crippen LogP) is 2.51. The van der Waals surface area contributed by atoms with Gasteiger partial charge in [0, 0.05) is 5.56 Å². The molecule has 0 bridgehead atoms. The van der Waals surface area contributed by atoms with Crippen molar-refractivity contribution in [3.8, 4) is 0 Å². The smallest absolute Gasteiger partial charge is 0.345 e. The number of halogens is 3. The van der Waals surface area contributed by atoms with Gasteiger partial charge in [0.1, 0.15) is 0 Å². The second-order valence-corrected chi connectivity index (χ2v) is 3.49. The van der Waals surface area contributed by atoms with Crippen molar-refractivity contribution in [1.82, 2.24) is 5.32 Å². The number of carbonyl (C=O) groups excluding carboxylic acids is 1. The largest absolute Gasteiger partial charge is 0.416 e. The molecule has 0 saturated carbocycles. The van der Waals surface area contributed by atoms with Crippen LogP contribution in [0, 0.1) is 0 Å². The molecule has 0 aliphatic carbocycles. The molecular weight excluding hydrogens is 207 g/mol. The number of hydrogen-bond acceptors (Lipinski definition) is 1. The van der Waals surface area contributed by atoms with E-state index in [0.717, 1.165) is 12.1 Å². The van der Waals surface area contributed by atoms with Crippen LogP contribution in [0.5, 0.6) is 0 Å². The van der Waals surface area contributed by atoms with Crippen molar-refractivity contribution in [1.29, 1.82) is 0 Å². The summed E-state index contributed by atoms with van der Waals surface area (Å²) < 4.78 is 37.0. The first-order valence-electron chi connectivity index (χ1n) is 4.41. The van der Waals surface area contributed by atoms with Crippen molar-refractivity contribution in [3.63, 3.8) is 0 Å². The van der Waals surface area contributed by atoms with E-state index in [9.17, 15) is 18.0 Å². The first-order valence-corrected chi connectivity index (χ1v) is 4.41. The fourth-order valence-electron chi connectivity index (χ4n) is 1.66. The molecule has 2 rings (SSSR count). The Morgan fingerprint density at radius 3 is 2.60 bits per heavy atom. The van der Waals surface area contributed by atoms with E-state index in [2.05, 4.69) is 5.32 Å². The van der Waals surface area contributed by atoms with Crippen molar-refractivity contribution >= 4 is 5.91 Å². The van der Waals surface area contributed by atoms with E-state index in [4.69, 9.17) is 0 Å². The summed E-state index contributed by atoms with van der Waals surface area (Å²) in [4.78, 5) is 11.3. The number of fused-ring (bicyclic) bond motifs is 1. The lowest BCUT2D eigenvalue weighted by molar-refractivity contribution is -0.137. The summed E-state index contributed by atoms with van der Waals surface area (Å²) in [7, 11) is 0. The van der Waals surface area contributed by atoms with Crippen LogP contribution in [0.2, 0.25) is 0 Å². The van der Waals surface area contributed by atoms with Crippen LogP contribution in [-0.2, 0) is 6.18 Å². The van der Waals surface area contributed by atoms with Crippen molar-refractivity contribution in [3.05, 3.63) is 34.9 Å². The van der Waals surface area contributed by atoms with Gasteiger partial charge in [0.25, 0.3) is 5.91 Å². The normalized spacial score (nSPS) is 20.0. The number of alkyl halides is 3. The molecule has 0 spiro atoms. The van der Waals surface area contributed by atoms with E-state index in [1.807, 2.05) is 0 Å². The van der Waals surface area contributed by atoms with E-state index in [1.165, 1.54) is 6.07 Å². The number of nitrogens with one attached hydrogen (secondary N) is 1. The molecule has 0 fully saturated rings. The summed E-state index contributed by atoms with van der Waals surface area (Å²) in [5.41, 5.74) is -0.0455. The zero-order valence-electron chi connectivity index (χ0n) is 7.85. The molecule has 1 atom stereocenters. The van der Waals surface area contributed by atoms with Crippen molar-refractivity contribution < 1.29 is 18.0 Å². The summed E-state index contributed by atoms with van der Waals surface area (Å²) in [5, 5.41) is 2.55. The summed E-state index contributed by atoms with van der Waals surface area (Å²) in [6.07, 6.45) is -4.40. The van der Waals surface area contributed by atoms with Crippen LogP contribution in [0.3, 0.4) is 0 Å². The quantitative estimate of drug-likeness (QED) is 0.707. The van der Waals surface area contributed by atoms with Crippen molar-refractivity contribution in [2.24, 2.45) is 0 Å². The number of carbonyl (C=O) groups is 1. The highest BCUT2D eigenvalue weighted by molar-refractivity contribution is 5.99. The second kappa shape index (κ2) is 2.98. The Morgan fingerprint density at radius 1 is 1.33 bits per heavy atom. The van der Waals surface area contributed by atoms with Crippen molar-refractivity contribution in [2.45, 2.75) is 19.1 Å². The lowest BCUT2D eigenvalue weighted by Crippen LogP contribution is -2.16. The molecule has 0 radical (unpaired) electrons. The second-order valence-electron chi connectivity index (χ2n) is 3.49. The van der Waals surface area contributed by atoms with E-state index in [0.29, 0.717) is 5.56 Å². The molecule has 2 nitrogen and oxygen atoms in total. The Hall–Kier alpha value is -1.52.